The third-order valence-electron chi connectivity index (χ3n) is 8.14. The summed E-state index contributed by atoms with van der Waals surface area (Å²) < 4.78 is 44.9. The molecule has 1 fully saturated rings. The van der Waals surface area contributed by atoms with Crippen molar-refractivity contribution in [3.8, 4) is 5.75 Å². The van der Waals surface area contributed by atoms with Crippen LogP contribution in [0.5, 0.6) is 5.75 Å². The molecule has 9 heteroatoms. The van der Waals surface area contributed by atoms with Crippen molar-refractivity contribution in [3.63, 3.8) is 0 Å². The minimum Gasteiger partial charge on any atom is -0.494 e. The lowest BCUT2D eigenvalue weighted by atomic mass is 10.0. The summed E-state index contributed by atoms with van der Waals surface area (Å²) in [5.74, 6) is 0.104. The predicted octanol–water partition coefficient (Wildman–Crippen LogP) is 8.86. The highest BCUT2D eigenvalue weighted by atomic mass is 19.4. The van der Waals surface area contributed by atoms with Crippen LogP contribution >= 0.6 is 0 Å². The lowest BCUT2D eigenvalue weighted by Gasteiger charge is -2.39. The van der Waals surface area contributed by atoms with Crippen molar-refractivity contribution in [2.24, 2.45) is 0 Å². The van der Waals surface area contributed by atoms with E-state index in [4.69, 9.17) is 4.74 Å². The van der Waals surface area contributed by atoms with Gasteiger partial charge in [-0.1, -0.05) is 107 Å². The Kier molecular flexibility index (Phi) is 17.7. The zero-order chi connectivity index (χ0) is 36.5. The van der Waals surface area contributed by atoms with Gasteiger partial charge in [0.2, 0.25) is 11.8 Å². The number of benzene rings is 3. The molecule has 51 heavy (non-hydrogen) atoms. The molecule has 1 aliphatic rings. The molecule has 0 aromatic heterocycles. The van der Waals surface area contributed by atoms with Gasteiger partial charge in [-0.25, -0.2) is 0 Å². The highest BCUT2D eigenvalue weighted by molar-refractivity contribution is 5.95. The van der Waals surface area contributed by atoms with Crippen LogP contribution in [0, 0.1) is 0 Å². The standard InChI is InChI=1S/C39H42F3N3O3.C2H6.CH4/c1-4-10-30(5-2)28-43-23-25-44(26-24-43)38(47)36(27-32-11-8-7-9-12-32)45(29-33-15-20-35(21-16-33)48-6-3)37(46)22-17-31-13-18-34(19-14-31)39(40,41)42;1-2;/h4-5,7-22,36H,1-2,6,23-29H2,3H3;1-2H3;1H4/b22-17+,30-10+;;. The Morgan fingerprint density at radius 3 is 2.08 bits per heavy atom. The van der Waals surface area contributed by atoms with Gasteiger partial charge in [-0.2, -0.15) is 13.2 Å². The lowest BCUT2D eigenvalue weighted by molar-refractivity contribution is -0.145. The van der Waals surface area contributed by atoms with E-state index in [1.54, 1.807) is 17.1 Å². The molecular formula is C42H52F3N3O3. The summed E-state index contributed by atoms with van der Waals surface area (Å²) in [6, 6.07) is 20.7. The number of alkyl halides is 3. The topological polar surface area (TPSA) is 53.1 Å². The molecule has 1 saturated heterocycles. The van der Waals surface area contributed by atoms with Gasteiger partial charge in [0, 0.05) is 51.8 Å². The van der Waals surface area contributed by atoms with Crippen LogP contribution in [0.2, 0.25) is 0 Å². The predicted molar refractivity (Wildman–Crippen MR) is 202 cm³/mol. The van der Waals surface area contributed by atoms with Gasteiger partial charge in [0.1, 0.15) is 11.8 Å². The molecule has 3 aromatic carbocycles. The van der Waals surface area contributed by atoms with Crippen LogP contribution in [0.4, 0.5) is 13.2 Å². The van der Waals surface area contributed by atoms with Crippen molar-refractivity contribution < 1.29 is 27.5 Å². The van der Waals surface area contributed by atoms with Crippen molar-refractivity contribution >= 4 is 17.9 Å². The number of hydrogen-bond acceptors (Lipinski definition) is 4. The molecule has 1 atom stereocenters. The highest BCUT2D eigenvalue weighted by Gasteiger charge is 2.34. The van der Waals surface area contributed by atoms with E-state index in [1.165, 1.54) is 24.3 Å². The van der Waals surface area contributed by atoms with E-state index < -0.39 is 23.7 Å². The quantitative estimate of drug-likeness (QED) is 0.124. The summed E-state index contributed by atoms with van der Waals surface area (Å²) in [6.07, 6.45) is 4.08. The Balaban J connectivity index is 0.00000295. The number of halogens is 3. The van der Waals surface area contributed by atoms with E-state index >= 15 is 0 Å². The fourth-order valence-corrected chi connectivity index (χ4v) is 5.54. The normalized spacial score (nSPS) is 14.1. The molecule has 0 spiro atoms. The van der Waals surface area contributed by atoms with Crippen molar-refractivity contribution in [3.05, 3.63) is 144 Å². The first-order valence-corrected chi connectivity index (χ1v) is 17.0. The Labute approximate surface area is 302 Å². The molecule has 0 N–H and O–H groups in total. The summed E-state index contributed by atoms with van der Waals surface area (Å²) in [4.78, 5) is 34.0. The summed E-state index contributed by atoms with van der Waals surface area (Å²) in [5, 5.41) is 0. The maximum absolute atomic E-state index is 14.4. The minimum absolute atomic E-state index is 0. The number of rotatable bonds is 14. The molecule has 0 bridgehead atoms. The number of ether oxygens (including phenoxy) is 1. The van der Waals surface area contributed by atoms with E-state index in [-0.39, 0.29) is 19.9 Å². The van der Waals surface area contributed by atoms with Gasteiger partial charge in [-0.05, 0) is 59.5 Å². The summed E-state index contributed by atoms with van der Waals surface area (Å²) in [6.45, 7) is 17.2. The van der Waals surface area contributed by atoms with Gasteiger partial charge in [0.25, 0.3) is 0 Å². The van der Waals surface area contributed by atoms with Crippen molar-refractivity contribution in [1.82, 2.24) is 14.7 Å². The second-order valence-corrected chi connectivity index (χ2v) is 11.5. The summed E-state index contributed by atoms with van der Waals surface area (Å²) in [5.41, 5.74) is 2.41. The SMILES string of the molecule is C.C=C/C=C(\C=C)CN1CCN(C(=O)C(Cc2ccccc2)N(Cc2ccc(OCC)cc2)C(=O)/C=C/c2ccc(C(F)(F)F)cc2)CC1.CC. The molecule has 0 radical (unpaired) electrons. The molecule has 1 aliphatic heterocycles. The third-order valence-corrected chi connectivity index (χ3v) is 8.14. The Hall–Kier alpha value is -4.89. The van der Waals surface area contributed by atoms with Gasteiger partial charge < -0.3 is 14.5 Å². The maximum Gasteiger partial charge on any atom is 0.416 e. The fraction of sp³-hybridized carbons (Fsp3) is 0.333. The first-order chi connectivity index (χ1) is 24.1. The Morgan fingerprint density at radius 1 is 0.902 bits per heavy atom. The van der Waals surface area contributed by atoms with Gasteiger partial charge >= 0.3 is 6.18 Å². The Bertz CT molecular complexity index is 1580. The number of allylic oxidation sites excluding steroid dienone is 2. The lowest BCUT2D eigenvalue weighted by Crippen LogP contribution is -2.56. The molecule has 0 saturated carbocycles. The molecule has 4 rings (SSSR count). The molecule has 2 amide bonds. The number of carbonyl (C=O) groups is 2. The molecule has 3 aromatic rings. The zero-order valence-corrected chi connectivity index (χ0v) is 29.2. The number of nitrogens with zero attached hydrogens (tertiary/aromatic N) is 3. The third kappa shape index (κ3) is 13.1. The monoisotopic (exact) mass is 703 g/mol. The van der Waals surface area contributed by atoms with E-state index in [9.17, 15) is 22.8 Å². The van der Waals surface area contributed by atoms with Crippen molar-refractivity contribution in [1.29, 1.82) is 0 Å². The summed E-state index contributed by atoms with van der Waals surface area (Å²) >= 11 is 0. The van der Waals surface area contributed by atoms with Gasteiger partial charge in [-0.15, -0.1) is 0 Å². The van der Waals surface area contributed by atoms with Crippen LogP contribution in [-0.2, 0) is 28.7 Å². The van der Waals surface area contributed by atoms with Crippen molar-refractivity contribution in [2.75, 3.05) is 39.3 Å². The smallest absolute Gasteiger partial charge is 0.416 e. The molecular weight excluding hydrogens is 651 g/mol. The minimum atomic E-state index is -4.46. The van der Waals surface area contributed by atoms with Crippen LogP contribution in [0.1, 0.15) is 50.5 Å². The van der Waals surface area contributed by atoms with Crippen LogP contribution in [0.25, 0.3) is 6.08 Å². The summed E-state index contributed by atoms with van der Waals surface area (Å²) in [7, 11) is 0. The largest absolute Gasteiger partial charge is 0.494 e. The van der Waals surface area contributed by atoms with Gasteiger partial charge in [0.05, 0.1) is 12.2 Å². The molecule has 274 valence electrons. The van der Waals surface area contributed by atoms with Crippen LogP contribution in [0.3, 0.4) is 0 Å². The number of amides is 2. The van der Waals surface area contributed by atoms with Gasteiger partial charge in [0.15, 0.2) is 0 Å². The number of hydrogen-bond donors (Lipinski definition) is 0. The van der Waals surface area contributed by atoms with E-state index in [0.717, 1.165) is 28.8 Å². The maximum atomic E-state index is 14.4. The Morgan fingerprint density at radius 2 is 1.53 bits per heavy atom. The van der Waals surface area contributed by atoms with E-state index in [1.807, 2.05) is 86.3 Å². The second kappa shape index (κ2) is 21.4. The van der Waals surface area contributed by atoms with Crippen LogP contribution in [0.15, 0.2) is 122 Å². The fourth-order valence-electron chi connectivity index (χ4n) is 5.54. The van der Waals surface area contributed by atoms with E-state index in [0.29, 0.717) is 57.1 Å². The average Bonchev–Trinajstić information content (AvgIpc) is 3.13. The van der Waals surface area contributed by atoms with Crippen LogP contribution < -0.4 is 4.74 Å². The first-order valence-electron chi connectivity index (χ1n) is 17.0. The molecule has 6 nitrogen and oxygen atoms in total. The average molecular weight is 704 g/mol. The second-order valence-electron chi connectivity index (χ2n) is 11.5. The molecule has 0 aliphatic carbocycles. The van der Waals surface area contributed by atoms with E-state index in [2.05, 4.69) is 18.1 Å². The highest BCUT2D eigenvalue weighted by Crippen LogP contribution is 2.29. The first kappa shape index (κ1) is 42.3. The molecule has 1 heterocycles. The zero-order valence-electron chi connectivity index (χ0n) is 29.2. The van der Waals surface area contributed by atoms with Crippen LogP contribution in [-0.4, -0.2) is 71.9 Å². The van der Waals surface area contributed by atoms with Gasteiger partial charge in [-0.3, -0.25) is 14.5 Å². The number of piperazine rings is 1. The number of carbonyl (C=O) groups excluding carboxylic acids is 2. The molecule has 1 unspecified atom stereocenters. The van der Waals surface area contributed by atoms with Crippen molar-refractivity contribution in [2.45, 2.75) is 53.4 Å².